The molecule has 2 fully saturated rings. The van der Waals surface area contributed by atoms with E-state index in [-0.39, 0.29) is 17.3 Å². The average molecular weight is 304 g/mol. The van der Waals surface area contributed by atoms with Crippen molar-refractivity contribution in [2.45, 2.75) is 52.9 Å². The Morgan fingerprint density at radius 1 is 1.41 bits per heavy atom. The van der Waals surface area contributed by atoms with Crippen molar-refractivity contribution in [3.63, 3.8) is 0 Å². The van der Waals surface area contributed by atoms with Crippen LogP contribution in [-0.4, -0.2) is 18.4 Å². The Labute approximate surface area is 133 Å². The summed E-state index contributed by atoms with van der Waals surface area (Å²) in [6.45, 7) is 6.74. The summed E-state index contributed by atoms with van der Waals surface area (Å²) in [5.74, 6) is 1.44. The van der Waals surface area contributed by atoms with E-state index in [0.717, 1.165) is 25.7 Å². The van der Waals surface area contributed by atoms with Crippen LogP contribution in [0.4, 0.5) is 0 Å². The maximum Gasteiger partial charge on any atom is 0.330 e. The summed E-state index contributed by atoms with van der Waals surface area (Å²) in [6, 6.07) is 0. The Bertz CT molecular complexity index is 477. The number of rotatable bonds is 5. The SMILES string of the molecule is CCOC(=O)C=CC=C[C@H](C)[C@H]1CC[C@@H]2C(=O)CCC[C@@]21C. The van der Waals surface area contributed by atoms with Crippen molar-refractivity contribution in [2.75, 3.05) is 6.61 Å². The van der Waals surface area contributed by atoms with Crippen molar-refractivity contribution in [3.8, 4) is 0 Å². The highest BCUT2D eigenvalue weighted by Gasteiger charge is 2.51. The molecule has 22 heavy (non-hydrogen) atoms. The van der Waals surface area contributed by atoms with Gasteiger partial charge in [-0.2, -0.15) is 0 Å². The van der Waals surface area contributed by atoms with Crippen molar-refractivity contribution in [2.24, 2.45) is 23.2 Å². The molecule has 2 rings (SSSR count). The Balaban J connectivity index is 1.96. The molecule has 2 aliphatic carbocycles. The minimum Gasteiger partial charge on any atom is -0.463 e. The summed E-state index contributed by atoms with van der Waals surface area (Å²) in [5.41, 5.74) is 0.171. The number of allylic oxidation sites excluding steroid dienone is 3. The molecular weight excluding hydrogens is 276 g/mol. The molecule has 0 aromatic carbocycles. The smallest absolute Gasteiger partial charge is 0.330 e. The van der Waals surface area contributed by atoms with Gasteiger partial charge >= 0.3 is 5.97 Å². The molecule has 0 aliphatic heterocycles. The first kappa shape index (κ1) is 17.0. The molecule has 0 unspecified atom stereocenters. The van der Waals surface area contributed by atoms with E-state index >= 15 is 0 Å². The van der Waals surface area contributed by atoms with Crippen molar-refractivity contribution < 1.29 is 14.3 Å². The molecule has 3 nitrogen and oxygen atoms in total. The lowest BCUT2D eigenvalue weighted by Crippen LogP contribution is -2.39. The highest BCUT2D eigenvalue weighted by Crippen LogP contribution is 2.56. The van der Waals surface area contributed by atoms with E-state index in [0.29, 0.717) is 24.2 Å². The van der Waals surface area contributed by atoms with Crippen LogP contribution in [0, 0.1) is 23.2 Å². The van der Waals surface area contributed by atoms with Gasteiger partial charge in [0.2, 0.25) is 0 Å². The number of ether oxygens (including phenoxy) is 1. The van der Waals surface area contributed by atoms with Gasteiger partial charge in [0.1, 0.15) is 5.78 Å². The fraction of sp³-hybridized carbons (Fsp3) is 0.684. The second-order valence-electron chi connectivity index (χ2n) is 6.92. The monoisotopic (exact) mass is 304 g/mol. The molecular formula is C19H28O3. The lowest BCUT2D eigenvalue weighted by atomic mass is 9.62. The van der Waals surface area contributed by atoms with Crippen LogP contribution in [0.25, 0.3) is 0 Å². The minimum absolute atomic E-state index is 0.171. The molecule has 0 heterocycles. The normalized spacial score (nSPS) is 33.3. The van der Waals surface area contributed by atoms with Crippen LogP contribution in [-0.2, 0) is 14.3 Å². The molecule has 0 aromatic rings. The van der Waals surface area contributed by atoms with Crippen molar-refractivity contribution >= 4 is 11.8 Å². The van der Waals surface area contributed by atoms with E-state index in [4.69, 9.17) is 4.74 Å². The van der Waals surface area contributed by atoms with Crippen LogP contribution in [0.3, 0.4) is 0 Å². The summed E-state index contributed by atoms with van der Waals surface area (Å²) in [5, 5.41) is 0. The van der Waals surface area contributed by atoms with Crippen LogP contribution in [0.2, 0.25) is 0 Å². The van der Waals surface area contributed by atoms with Crippen molar-refractivity contribution in [3.05, 3.63) is 24.3 Å². The van der Waals surface area contributed by atoms with E-state index in [1.54, 1.807) is 13.0 Å². The molecule has 0 saturated heterocycles. The van der Waals surface area contributed by atoms with Gasteiger partial charge in [0.05, 0.1) is 6.61 Å². The van der Waals surface area contributed by atoms with Gasteiger partial charge in [0.25, 0.3) is 0 Å². The van der Waals surface area contributed by atoms with Gasteiger partial charge in [-0.05, 0) is 49.9 Å². The molecule has 0 radical (unpaired) electrons. The number of Topliss-reactive ketones (excluding diaryl/α,β-unsaturated/α-hetero) is 1. The topological polar surface area (TPSA) is 43.4 Å². The Hall–Kier alpha value is -1.38. The van der Waals surface area contributed by atoms with Gasteiger partial charge in [-0.25, -0.2) is 4.79 Å². The molecule has 4 atom stereocenters. The van der Waals surface area contributed by atoms with E-state index in [1.807, 2.05) is 6.08 Å². The number of carbonyl (C=O) groups excluding carboxylic acids is 2. The Morgan fingerprint density at radius 3 is 2.91 bits per heavy atom. The molecule has 0 bridgehead atoms. The molecule has 0 spiro atoms. The Kier molecular flexibility index (Phi) is 5.60. The highest BCUT2D eigenvalue weighted by molar-refractivity contribution is 5.83. The zero-order chi connectivity index (χ0) is 16.2. The van der Waals surface area contributed by atoms with Gasteiger partial charge in [-0.15, -0.1) is 0 Å². The molecule has 0 N–H and O–H groups in total. The number of ketones is 1. The fourth-order valence-electron chi connectivity index (χ4n) is 4.53. The summed E-state index contributed by atoms with van der Waals surface area (Å²) in [6.07, 6.45) is 12.5. The van der Waals surface area contributed by atoms with Crippen molar-refractivity contribution in [1.82, 2.24) is 0 Å². The average Bonchev–Trinajstić information content (AvgIpc) is 2.82. The molecule has 0 aromatic heterocycles. The summed E-state index contributed by atoms with van der Waals surface area (Å²) >= 11 is 0. The van der Waals surface area contributed by atoms with Crippen molar-refractivity contribution in [1.29, 1.82) is 0 Å². The summed E-state index contributed by atoms with van der Waals surface area (Å²) < 4.78 is 4.85. The standard InChI is InChI=1S/C19H28O3/c1-4-22-18(21)10-6-5-8-14(2)15-11-12-16-17(20)9-7-13-19(15,16)3/h5-6,8,10,14-16H,4,7,9,11-13H2,1-3H3/t14-,15+,16+,19+/m0/s1. The van der Waals surface area contributed by atoms with Crippen LogP contribution in [0.5, 0.6) is 0 Å². The number of carbonyl (C=O) groups is 2. The lowest BCUT2D eigenvalue weighted by molar-refractivity contribution is -0.137. The first-order chi connectivity index (χ1) is 10.5. The van der Waals surface area contributed by atoms with Gasteiger partial charge < -0.3 is 4.74 Å². The maximum atomic E-state index is 12.2. The predicted octanol–water partition coefficient (Wildman–Crippen LogP) is 4.08. The molecule has 3 heteroatoms. The van der Waals surface area contributed by atoms with Gasteiger partial charge in [-0.1, -0.05) is 32.1 Å². The largest absolute Gasteiger partial charge is 0.463 e. The number of esters is 1. The Morgan fingerprint density at radius 2 is 2.18 bits per heavy atom. The zero-order valence-corrected chi connectivity index (χ0v) is 14.0. The van der Waals surface area contributed by atoms with E-state index < -0.39 is 0 Å². The number of hydrogen-bond acceptors (Lipinski definition) is 3. The zero-order valence-electron chi connectivity index (χ0n) is 14.0. The number of hydrogen-bond donors (Lipinski definition) is 0. The molecule has 2 saturated carbocycles. The predicted molar refractivity (Wildman–Crippen MR) is 87.3 cm³/mol. The summed E-state index contributed by atoms with van der Waals surface area (Å²) in [4.78, 5) is 23.4. The fourth-order valence-corrected chi connectivity index (χ4v) is 4.53. The van der Waals surface area contributed by atoms with Crippen LogP contribution in [0.1, 0.15) is 52.9 Å². The maximum absolute atomic E-state index is 12.2. The molecule has 122 valence electrons. The van der Waals surface area contributed by atoms with Gasteiger partial charge in [0.15, 0.2) is 0 Å². The first-order valence-electron chi connectivity index (χ1n) is 8.53. The molecule has 2 aliphatic rings. The third kappa shape index (κ3) is 3.50. The lowest BCUT2D eigenvalue weighted by Gasteiger charge is -2.41. The van der Waals surface area contributed by atoms with E-state index in [9.17, 15) is 9.59 Å². The van der Waals surface area contributed by atoms with Gasteiger partial charge in [0, 0.05) is 18.4 Å². The van der Waals surface area contributed by atoms with Crippen LogP contribution in [0.15, 0.2) is 24.3 Å². The summed E-state index contributed by atoms with van der Waals surface area (Å²) in [7, 11) is 0. The van der Waals surface area contributed by atoms with Crippen LogP contribution < -0.4 is 0 Å². The molecule has 0 amide bonds. The second-order valence-corrected chi connectivity index (χ2v) is 6.92. The van der Waals surface area contributed by atoms with Gasteiger partial charge in [-0.3, -0.25) is 4.79 Å². The third-order valence-corrected chi connectivity index (χ3v) is 5.62. The van der Waals surface area contributed by atoms with E-state index in [1.165, 1.54) is 12.5 Å². The third-order valence-electron chi connectivity index (χ3n) is 5.62. The number of fused-ring (bicyclic) bond motifs is 1. The highest BCUT2D eigenvalue weighted by atomic mass is 16.5. The van der Waals surface area contributed by atoms with E-state index in [2.05, 4.69) is 19.9 Å². The second kappa shape index (κ2) is 7.26. The first-order valence-corrected chi connectivity index (χ1v) is 8.53. The minimum atomic E-state index is -0.300. The quantitative estimate of drug-likeness (QED) is 0.436. The van der Waals surface area contributed by atoms with Crippen LogP contribution >= 0.6 is 0 Å².